The van der Waals surface area contributed by atoms with Crippen molar-refractivity contribution >= 4 is 11.6 Å². The highest BCUT2D eigenvalue weighted by molar-refractivity contribution is 6.30. The summed E-state index contributed by atoms with van der Waals surface area (Å²) in [6, 6.07) is 15.0. The van der Waals surface area contributed by atoms with Gasteiger partial charge in [-0.25, -0.2) is 4.68 Å². The van der Waals surface area contributed by atoms with Crippen LogP contribution in [0.4, 0.5) is 0 Å². The Bertz CT molecular complexity index is 739. The van der Waals surface area contributed by atoms with E-state index in [1.807, 2.05) is 48.5 Å². The van der Waals surface area contributed by atoms with Gasteiger partial charge in [0.1, 0.15) is 12.4 Å². The molecule has 5 nitrogen and oxygen atoms in total. The van der Waals surface area contributed by atoms with Crippen molar-refractivity contribution in [2.24, 2.45) is 0 Å². The van der Waals surface area contributed by atoms with E-state index in [1.165, 1.54) is 6.20 Å². The van der Waals surface area contributed by atoms with Crippen molar-refractivity contribution in [3.63, 3.8) is 0 Å². The fourth-order valence-corrected chi connectivity index (χ4v) is 2.14. The first kappa shape index (κ1) is 14.6. The third-order valence-corrected chi connectivity index (χ3v) is 3.43. The van der Waals surface area contributed by atoms with Gasteiger partial charge in [-0.05, 0) is 42.0 Å². The van der Waals surface area contributed by atoms with Crippen LogP contribution in [0.5, 0.6) is 5.75 Å². The maximum Gasteiger partial charge on any atom is 0.119 e. The van der Waals surface area contributed by atoms with Gasteiger partial charge in [-0.3, -0.25) is 0 Å². The average Bonchev–Trinajstić information content (AvgIpc) is 3.03. The van der Waals surface area contributed by atoms with Crippen LogP contribution in [0.15, 0.2) is 54.7 Å². The molecule has 0 unspecified atom stereocenters. The summed E-state index contributed by atoms with van der Waals surface area (Å²) in [5, 5.41) is 17.7. The van der Waals surface area contributed by atoms with Gasteiger partial charge in [-0.2, -0.15) is 0 Å². The standard InChI is InChI=1S/C16H14ClN3O2/c17-13-3-1-12(2-4-13)11-22-16-7-5-14(6-8-16)20-15(10-21)9-18-19-20/h1-9,21H,10-11H2. The highest BCUT2D eigenvalue weighted by Gasteiger charge is 2.05. The number of aliphatic hydroxyl groups is 1. The molecule has 22 heavy (non-hydrogen) atoms. The lowest BCUT2D eigenvalue weighted by Gasteiger charge is -2.08. The number of ether oxygens (including phenoxy) is 1. The average molecular weight is 316 g/mol. The van der Waals surface area contributed by atoms with Crippen LogP contribution in [0, 0.1) is 0 Å². The number of hydrogen-bond acceptors (Lipinski definition) is 4. The van der Waals surface area contributed by atoms with Gasteiger partial charge in [-0.1, -0.05) is 28.9 Å². The number of rotatable bonds is 5. The minimum absolute atomic E-state index is 0.109. The summed E-state index contributed by atoms with van der Waals surface area (Å²) >= 11 is 5.85. The van der Waals surface area contributed by atoms with Gasteiger partial charge in [0.05, 0.1) is 24.2 Å². The zero-order valence-electron chi connectivity index (χ0n) is 11.7. The summed E-state index contributed by atoms with van der Waals surface area (Å²) in [7, 11) is 0. The molecule has 0 radical (unpaired) electrons. The zero-order valence-corrected chi connectivity index (χ0v) is 12.4. The second kappa shape index (κ2) is 6.60. The van der Waals surface area contributed by atoms with E-state index in [1.54, 1.807) is 4.68 Å². The highest BCUT2D eigenvalue weighted by atomic mass is 35.5. The first-order chi connectivity index (χ1) is 10.8. The molecule has 0 saturated heterocycles. The monoisotopic (exact) mass is 315 g/mol. The molecule has 1 N–H and O–H groups in total. The van der Waals surface area contributed by atoms with Crippen molar-refractivity contribution < 1.29 is 9.84 Å². The van der Waals surface area contributed by atoms with Gasteiger partial charge >= 0.3 is 0 Å². The number of hydrogen-bond donors (Lipinski definition) is 1. The Balaban J connectivity index is 1.68. The Kier molecular flexibility index (Phi) is 4.37. The molecule has 112 valence electrons. The van der Waals surface area contributed by atoms with E-state index in [0.29, 0.717) is 17.3 Å². The Morgan fingerprint density at radius 1 is 1.05 bits per heavy atom. The summed E-state index contributed by atoms with van der Waals surface area (Å²) in [6.07, 6.45) is 1.53. The van der Waals surface area contributed by atoms with Gasteiger partial charge in [0.15, 0.2) is 0 Å². The molecule has 0 amide bonds. The molecule has 0 bridgehead atoms. The lowest BCUT2D eigenvalue weighted by atomic mass is 10.2. The van der Waals surface area contributed by atoms with Gasteiger partial charge < -0.3 is 9.84 Å². The SMILES string of the molecule is OCc1cnnn1-c1ccc(OCc2ccc(Cl)cc2)cc1. The topological polar surface area (TPSA) is 60.2 Å². The number of nitrogens with zero attached hydrogens (tertiary/aromatic N) is 3. The van der Waals surface area contributed by atoms with E-state index >= 15 is 0 Å². The van der Waals surface area contributed by atoms with Crippen molar-refractivity contribution in [2.45, 2.75) is 13.2 Å². The van der Waals surface area contributed by atoms with Gasteiger partial charge in [-0.15, -0.1) is 5.10 Å². The molecule has 0 aliphatic rings. The predicted molar refractivity (Wildman–Crippen MR) is 83.1 cm³/mol. The van der Waals surface area contributed by atoms with Crippen molar-refractivity contribution in [3.05, 3.63) is 71.0 Å². The van der Waals surface area contributed by atoms with E-state index in [0.717, 1.165) is 17.0 Å². The van der Waals surface area contributed by atoms with Gasteiger partial charge in [0.2, 0.25) is 0 Å². The minimum Gasteiger partial charge on any atom is -0.489 e. The molecule has 0 fully saturated rings. The van der Waals surface area contributed by atoms with E-state index in [4.69, 9.17) is 16.3 Å². The van der Waals surface area contributed by atoms with Crippen LogP contribution in [0.2, 0.25) is 5.02 Å². The maximum absolute atomic E-state index is 9.22. The zero-order chi connectivity index (χ0) is 15.4. The van der Waals surface area contributed by atoms with Crippen molar-refractivity contribution in [2.75, 3.05) is 0 Å². The van der Waals surface area contributed by atoms with Gasteiger partial charge in [0.25, 0.3) is 0 Å². The summed E-state index contributed by atoms with van der Waals surface area (Å²) in [4.78, 5) is 0. The van der Waals surface area contributed by atoms with Crippen LogP contribution < -0.4 is 4.74 Å². The van der Waals surface area contributed by atoms with Crippen molar-refractivity contribution in [3.8, 4) is 11.4 Å². The first-order valence-corrected chi connectivity index (χ1v) is 7.12. The molecule has 0 atom stereocenters. The van der Waals surface area contributed by atoms with Crippen LogP contribution in [0.3, 0.4) is 0 Å². The summed E-state index contributed by atoms with van der Waals surface area (Å²) in [5.74, 6) is 0.754. The normalized spacial score (nSPS) is 10.6. The van der Waals surface area contributed by atoms with E-state index < -0.39 is 0 Å². The first-order valence-electron chi connectivity index (χ1n) is 6.74. The molecular weight excluding hydrogens is 302 g/mol. The lowest BCUT2D eigenvalue weighted by molar-refractivity contribution is 0.273. The third kappa shape index (κ3) is 3.27. The predicted octanol–water partition coefficient (Wildman–Crippen LogP) is 2.99. The molecule has 1 aromatic heterocycles. The smallest absolute Gasteiger partial charge is 0.119 e. The molecule has 6 heteroatoms. The number of aliphatic hydroxyl groups excluding tert-OH is 1. The molecule has 0 aliphatic heterocycles. The van der Waals surface area contributed by atoms with E-state index in [9.17, 15) is 5.11 Å². The Labute approximate surface area is 132 Å². The Hall–Kier alpha value is -2.37. The van der Waals surface area contributed by atoms with Crippen LogP contribution >= 0.6 is 11.6 Å². The van der Waals surface area contributed by atoms with Crippen LogP contribution in [0.1, 0.15) is 11.3 Å². The molecule has 2 aromatic carbocycles. The molecule has 0 aliphatic carbocycles. The maximum atomic E-state index is 9.22. The fraction of sp³-hybridized carbons (Fsp3) is 0.125. The fourth-order valence-electron chi connectivity index (χ4n) is 2.01. The minimum atomic E-state index is -0.109. The number of halogens is 1. The van der Waals surface area contributed by atoms with Crippen LogP contribution in [-0.4, -0.2) is 20.1 Å². The molecule has 0 spiro atoms. The Morgan fingerprint density at radius 2 is 1.77 bits per heavy atom. The third-order valence-electron chi connectivity index (χ3n) is 3.18. The van der Waals surface area contributed by atoms with E-state index in [-0.39, 0.29) is 6.61 Å². The van der Waals surface area contributed by atoms with Gasteiger partial charge in [0, 0.05) is 5.02 Å². The van der Waals surface area contributed by atoms with E-state index in [2.05, 4.69) is 10.3 Å². The molecular formula is C16H14ClN3O2. The molecule has 1 heterocycles. The lowest BCUT2D eigenvalue weighted by Crippen LogP contribution is -2.02. The Morgan fingerprint density at radius 3 is 2.45 bits per heavy atom. The van der Waals surface area contributed by atoms with Crippen LogP contribution in [0.25, 0.3) is 5.69 Å². The summed E-state index contributed by atoms with van der Waals surface area (Å²) < 4.78 is 7.31. The summed E-state index contributed by atoms with van der Waals surface area (Å²) in [5.41, 5.74) is 2.50. The number of benzene rings is 2. The second-order valence-corrected chi connectivity index (χ2v) is 5.14. The largest absolute Gasteiger partial charge is 0.489 e. The quantitative estimate of drug-likeness (QED) is 0.786. The number of aromatic nitrogens is 3. The molecule has 3 rings (SSSR count). The second-order valence-electron chi connectivity index (χ2n) is 4.70. The summed E-state index contributed by atoms with van der Waals surface area (Å²) in [6.45, 7) is 0.365. The molecule has 3 aromatic rings. The molecule has 0 saturated carbocycles. The highest BCUT2D eigenvalue weighted by Crippen LogP contribution is 2.18. The van der Waals surface area contributed by atoms with Crippen molar-refractivity contribution in [1.29, 1.82) is 0 Å². The van der Waals surface area contributed by atoms with Crippen LogP contribution in [-0.2, 0) is 13.2 Å². The van der Waals surface area contributed by atoms with Crippen molar-refractivity contribution in [1.82, 2.24) is 15.0 Å².